The first-order chi connectivity index (χ1) is 18.3. The molecule has 0 bridgehead atoms. The molecule has 3 aromatic carbocycles. The van der Waals surface area contributed by atoms with Gasteiger partial charge in [-0.3, -0.25) is 9.69 Å². The number of benzene rings is 3. The second-order valence-corrected chi connectivity index (χ2v) is 11.1. The topological polar surface area (TPSA) is 88.1 Å². The van der Waals surface area contributed by atoms with Crippen molar-refractivity contribution in [3.8, 4) is 17.2 Å². The molecule has 0 fully saturated rings. The zero-order valence-electron chi connectivity index (χ0n) is 23.0. The van der Waals surface area contributed by atoms with Gasteiger partial charge < -0.3 is 19.9 Å². The van der Waals surface area contributed by atoms with Gasteiger partial charge in [0.15, 0.2) is 0 Å². The molecule has 0 aliphatic rings. The molecule has 1 amide bonds. The molecule has 2 N–H and O–H groups in total. The molecule has 0 saturated carbocycles. The third-order valence-electron chi connectivity index (χ3n) is 6.12. The van der Waals surface area contributed by atoms with Crippen LogP contribution in [-0.4, -0.2) is 34.0 Å². The summed E-state index contributed by atoms with van der Waals surface area (Å²) in [5.74, 6) is -0.439. The number of halogens is 2. The van der Waals surface area contributed by atoms with Crippen LogP contribution in [0.5, 0.6) is 17.2 Å². The van der Waals surface area contributed by atoms with E-state index in [0.29, 0.717) is 45.9 Å². The second kappa shape index (κ2) is 12.7. The lowest BCUT2D eigenvalue weighted by Gasteiger charge is -2.36. The van der Waals surface area contributed by atoms with Crippen LogP contribution >= 0.6 is 23.2 Å². The van der Waals surface area contributed by atoms with Crippen molar-refractivity contribution in [2.24, 2.45) is 0 Å². The molecule has 9 heteroatoms. The first-order valence-electron chi connectivity index (χ1n) is 12.6. The van der Waals surface area contributed by atoms with Crippen molar-refractivity contribution in [1.82, 2.24) is 4.90 Å². The first-order valence-corrected chi connectivity index (χ1v) is 13.3. The highest BCUT2D eigenvalue weighted by Crippen LogP contribution is 2.35. The maximum absolute atomic E-state index is 12.0. The van der Waals surface area contributed by atoms with Crippen molar-refractivity contribution in [2.75, 3.05) is 11.9 Å². The molecule has 0 unspecified atom stereocenters. The number of rotatable bonds is 8. The summed E-state index contributed by atoms with van der Waals surface area (Å²) in [5, 5.41) is 14.2. The summed E-state index contributed by atoms with van der Waals surface area (Å²) in [5.41, 5.74) is 3.49. The van der Waals surface area contributed by atoms with Crippen LogP contribution in [-0.2, 0) is 27.4 Å². The van der Waals surface area contributed by atoms with Gasteiger partial charge >= 0.3 is 11.9 Å². The van der Waals surface area contributed by atoms with Crippen LogP contribution < -0.4 is 10.1 Å². The number of carbonyl (C=O) groups is 2. The van der Waals surface area contributed by atoms with Crippen LogP contribution in [0.4, 0.5) is 5.69 Å². The van der Waals surface area contributed by atoms with Crippen molar-refractivity contribution < 1.29 is 24.2 Å². The number of esters is 1. The number of phenols is 1. The monoisotopic (exact) mass is 572 g/mol. The van der Waals surface area contributed by atoms with E-state index in [-0.39, 0.29) is 17.9 Å². The lowest BCUT2D eigenvalue weighted by molar-refractivity contribution is -0.152. The molecular weight excluding hydrogens is 539 g/mol. The molecule has 0 heterocycles. The first kappa shape index (κ1) is 30.3. The summed E-state index contributed by atoms with van der Waals surface area (Å²) in [6.45, 7) is 12.8. The van der Waals surface area contributed by atoms with Crippen molar-refractivity contribution >= 4 is 40.8 Å². The zero-order chi connectivity index (χ0) is 28.9. The number of ether oxygens (including phenoxy) is 2. The molecule has 3 rings (SSSR count). The van der Waals surface area contributed by atoms with E-state index < -0.39 is 11.9 Å². The zero-order valence-corrected chi connectivity index (χ0v) is 24.5. The fraction of sp³-hybridized carbons (Fsp3) is 0.333. The molecule has 7 nitrogen and oxygen atoms in total. The van der Waals surface area contributed by atoms with Crippen LogP contribution in [0.1, 0.15) is 49.9 Å². The Morgan fingerprint density at radius 2 is 1.62 bits per heavy atom. The Morgan fingerprint density at radius 1 is 0.949 bits per heavy atom. The Labute approximate surface area is 239 Å². The lowest BCUT2D eigenvalue weighted by atomic mass is 10.0. The van der Waals surface area contributed by atoms with E-state index in [1.165, 1.54) is 0 Å². The quantitative estimate of drug-likeness (QED) is 0.216. The average molecular weight is 574 g/mol. The number of anilines is 1. The van der Waals surface area contributed by atoms with Crippen molar-refractivity contribution in [1.29, 1.82) is 0 Å². The molecule has 0 aliphatic heterocycles. The van der Waals surface area contributed by atoms with Crippen LogP contribution in [0.2, 0.25) is 10.0 Å². The summed E-state index contributed by atoms with van der Waals surface area (Å²) in [6, 6.07) is 14.2. The Balaban J connectivity index is 1.82. The van der Waals surface area contributed by atoms with Crippen LogP contribution in [0.25, 0.3) is 0 Å². The molecule has 208 valence electrons. The van der Waals surface area contributed by atoms with Gasteiger partial charge in [-0.25, -0.2) is 4.79 Å². The summed E-state index contributed by atoms with van der Waals surface area (Å²) in [7, 11) is 0. The van der Waals surface area contributed by atoms with Gasteiger partial charge in [0.25, 0.3) is 0 Å². The summed E-state index contributed by atoms with van der Waals surface area (Å²) < 4.78 is 11.0. The highest BCUT2D eigenvalue weighted by atomic mass is 35.5. The smallest absolute Gasteiger partial charge is 0.397 e. The standard InChI is InChI=1S/C30H34Cl2N2O5/c1-7-38-29(37)28(36)33-22-12-18(2)27(19(3)13-22)39-23-9-11-26(35)21(15-23)17-34(30(4,5)6)16-20-8-10-24(31)25(32)14-20/h8-15,35H,7,16-17H2,1-6H3,(H,33,36). The maximum Gasteiger partial charge on any atom is 0.397 e. The highest BCUT2D eigenvalue weighted by Gasteiger charge is 2.24. The normalized spacial score (nSPS) is 11.4. The molecule has 0 saturated heterocycles. The third-order valence-corrected chi connectivity index (χ3v) is 6.86. The molecule has 0 atom stereocenters. The minimum atomic E-state index is -0.937. The van der Waals surface area contributed by atoms with Gasteiger partial charge in [-0.05, 0) is 101 Å². The highest BCUT2D eigenvalue weighted by molar-refractivity contribution is 6.42. The van der Waals surface area contributed by atoms with E-state index in [0.717, 1.165) is 16.7 Å². The average Bonchev–Trinajstić information content (AvgIpc) is 2.84. The number of carbonyl (C=O) groups excluding carboxylic acids is 2. The number of amides is 1. The summed E-state index contributed by atoms with van der Waals surface area (Å²) in [6.07, 6.45) is 0. The molecule has 39 heavy (non-hydrogen) atoms. The second-order valence-electron chi connectivity index (χ2n) is 10.3. The predicted octanol–water partition coefficient (Wildman–Crippen LogP) is 7.41. The third kappa shape index (κ3) is 8.12. The lowest BCUT2D eigenvalue weighted by Crippen LogP contribution is -2.40. The summed E-state index contributed by atoms with van der Waals surface area (Å²) in [4.78, 5) is 25.9. The van der Waals surface area contributed by atoms with Crippen LogP contribution in [0.15, 0.2) is 48.5 Å². The number of nitrogens with one attached hydrogen (secondary N) is 1. The van der Waals surface area contributed by atoms with Gasteiger partial charge in [0.05, 0.1) is 16.7 Å². The summed E-state index contributed by atoms with van der Waals surface area (Å²) >= 11 is 12.3. The SMILES string of the molecule is CCOC(=O)C(=O)Nc1cc(C)c(Oc2ccc(O)c(CN(Cc3ccc(Cl)c(Cl)c3)C(C)(C)C)c2)c(C)c1. The van der Waals surface area contributed by atoms with Gasteiger partial charge in [0.2, 0.25) is 0 Å². The van der Waals surface area contributed by atoms with Crippen LogP contribution in [0, 0.1) is 13.8 Å². The largest absolute Gasteiger partial charge is 0.508 e. The van der Waals surface area contributed by atoms with E-state index in [9.17, 15) is 14.7 Å². The fourth-order valence-electron chi connectivity index (χ4n) is 4.03. The van der Waals surface area contributed by atoms with Crippen molar-refractivity contribution in [3.63, 3.8) is 0 Å². The van der Waals surface area contributed by atoms with E-state index in [1.54, 1.807) is 37.3 Å². The van der Waals surface area contributed by atoms with E-state index in [4.69, 9.17) is 32.7 Å². The van der Waals surface area contributed by atoms with E-state index in [1.807, 2.05) is 32.0 Å². The minimum Gasteiger partial charge on any atom is -0.508 e. The Kier molecular flexibility index (Phi) is 9.88. The van der Waals surface area contributed by atoms with Gasteiger partial charge in [0, 0.05) is 29.9 Å². The molecule has 0 aliphatic carbocycles. The number of aromatic hydroxyl groups is 1. The van der Waals surface area contributed by atoms with Gasteiger partial charge in [0.1, 0.15) is 17.2 Å². The van der Waals surface area contributed by atoms with Gasteiger partial charge in [-0.15, -0.1) is 0 Å². The van der Waals surface area contributed by atoms with Crippen LogP contribution in [0.3, 0.4) is 0 Å². The van der Waals surface area contributed by atoms with Gasteiger partial charge in [-0.2, -0.15) is 0 Å². The number of hydrogen-bond donors (Lipinski definition) is 2. The Bertz CT molecular complexity index is 1340. The Morgan fingerprint density at radius 3 is 2.21 bits per heavy atom. The minimum absolute atomic E-state index is 0.120. The van der Waals surface area contributed by atoms with Gasteiger partial charge in [-0.1, -0.05) is 29.3 Å². The van der Waals surface area contributed by atoms with E-state index in [2.05, 4.69) is 31.0 Å². The molecular formula is C30H34Cl2N2O5. The molecule has 0 aromatic heterocycles. The molecule has 3 aromatic rings. The number of hydrogen-bond acceptors (Lipinski definition) is 6. The molecule has 0 spiro atoms. The van der Waals surface area contributed by atoms with E-state index >= 15 is 0 Å². The van der Waals surface area contributed by atoms with Crippen molar-refractivity contribution in [2.45, 2.75) is 60.2 Å². The maximum atomic E-state index is 12.0. The Hall–Kier alpha value is -3.26. The fourth-order valence-corrected chi connectivity index (χ4v) is 4.35. The number of phenolic OH excluding ortho intramolecular Hbond substituents is 1. The predicted molar refractivity (Wildman–Crippen MR) is 155 cm³/mol. The van der Waals surface area contributed by atoms with Crippen molar-refractivity contribution in [3.05, 3.63) is 80.8 Å². The number of nitrogens with zero attached hydrogens (tertiary/aromatic N) is 1. The molecule has 0 radical (unpaired) electrons. The number of aryl methyl sites for hydroxylation is 2.